The molecule has 158 valence electrons. The molecule has 0 atom stereocenters. The molecule has 5 rings (SSSR count). The van der Waals surface area contributed by atoms with Crippen LogP contribution in [0.4, 0.5) is 0 Å². The summed E-state index contributed by atoms with van der Waals surface area (Å²) in [4.78, 5) is 5.01. The zero-order chi connectivity index (χ0) is 22.1. The summed E-state index contributed by atoms with van der Waals surface area (Å²) < 4.78 is 17.3. The van der Waals surface area contributed by atoms with E-state index in [1.807, 2.05) is 103 Å². The highest BCUT2D eigenvalue weighted by atomic mass is 31.2. The van der Waals surface area contributed by atoms with E-state index >= 15 is 4.57 Å². The highest BCUT2D eigenvalue weighted by Crippen LogP contribution is 2.45. The van der Waals surface area contributed by atoms with Crippen LogP contribution in [0.5, 0.6) is 0 Å². The minimum absolute atomic E-state index is 0.207. The minimum Gasteiger partial charge on any atom is -0.321 e. The van der Waals surface area contributed by atoms with Crippen LogP contribution >= 0.6 is 7.14 Å². The van der Waals surface area contributed by atoms with Gasteiger partial charge in [0.15, 0.2) is 7.14 Å². The molecule has 0 saturated heterocycles. The number of hydrogen-bond donors (Lipinski definition) is 0. The van der Waals surface area contributed by atoms with Crippen molar-refractivity contribution in [3.8, 4) is 11.4 Å². The average Bonchev–Trinajstić information content (AvgIpc) is 3.24. The van der Waals surface area contributed by atoms with Gasteiger partial charge < -0.3 is 9.13 Å². The van der Waals surface area contributed by atoms with Crippen molar-refractivity contribution in [1.29, 1.82) is 0 Å². The molecule has 0 fully saturated rings. The molecular weight excluding hydrogens is 411 g/mol. The first-order valence-corrected chi connectivity index (χ1v) is 12.6. The van der Waals surface area contributed by atoms with Gasteiger partial charge in [0.25, 0.3) is 0 Å². The quantitative estimate of drug-likeness (QED) is 0.320. The van der Waals surface area contributed by atoms with Gasteiger partial charge in [-0.2, -0.15) is 0 Å². The Morgan fingerprint density at radius 2 is 1.22 bits per heavy atom. The second-order valence-electron chi connectivity index (χ2n) is 8.19. The smallest absolute Gasteiger partial charge is 0.171 e. The SMILES string of the molecule is CC(C)n1c(-c2ccccc2P(=O)(c2ccccc2)c2ccccc2)nc2ccccc21. The summed E-state index contributed by atoms with van der Waals surface area (Å²) in [6.45, 7) is 4.32. The third-order valence-corrected chi connectivity index (χ3v) is 8.96. The zero-order valence-corrected chi connectivity index (χ0v) is 19.1. The second kappa shape index (κ2) is 8.26. The highest BCUT2D eigenvalue weighted by Gasteiger charge is 2.33. The van der Waals surface area contributed by atoms with Crippen LogP contribution in [0.15, 0.2) is 109 Å². The molecule has 4 aromatic carbocycles. The van der Waals surface area contributed by atoms with E-state index in [1.54, 1.807) is 0 Å². The normalized spacial score (nSPS) is 11.8. The number of nitrogens with zero attached hydrogens (tertiary/aromatic N) is 2. The van der Waals surface area contributed by atoms with E-state index in [0.29, 0.717) is 0 Å². The molecule has 0 aliphatic heterocycles. The van der Waals surface area contributed by atoms with E-state index in [4.69, 9.17) is 4.98 Å². The summed E-state index contributed by atoms with van der Waals surface area (Å²) in [6.07, 6.45) is 0. The lowest BCUT2D eigenvalue weighted by Crippen LogP contribution is -2.26. The van der Waals surface area contributed by atoms with Crippen molar-refractivity contribution in [2.45, 2.75) is 19.9 Å². The first-order chi connectivity index (χ1) is 15.6. The molecule has 1 aromatic heterocycles. The zero-order valence-electron chi connectivity index (χ0n) is 18.2. The van der Waals surface area contributed by atoms with Crippen LogP contribution in [0, 0.1) is 0 Å². The molecule has 0 saturated carbocycles. The van der Waals surface area contributed by atoms with Gasteiger partial charge in [-0.05, 0) is 26.0 Å². The minimum atomic E-state index is -3.13. The first kappa shape index (κ1) is 20.5. The molecule has 0 aliphatic carbocycles. The molecule has 0 N–H and O–H groups in total. The number of fused-ring (bicyclic) bond motifs is 1. The monoisotopic (exact) mass is 436 g/mol. The number of benzene rings is 4. The molecule has 4 heteroatoms. The Balaban J connectivity index is 1.85. The van der Waals surface area contributed by atoms with Gasteiger partial charge in [0.05, 0.1) is 11.0 Å². The largest absolute Gasteiger partial charge is 0.321 e. The summed E-state index contributed by atoms with van der Waals surface area (Å²) in [5.74, 6) is 0.851. The summed E-state index contributed by atoms with van der Waals surface area (Å²) in [7, 11) is -3.13. The Labute approximate surface area is 188 Å². The Kier molecular flexibility index (Phi) is 5.28. The van der Waals surface area contributed by atoms with Crippen molar-refractivity contribution in [2.24, 2.45) is 0 Å². The van der Waals surface area contributed by atoms with E-state index in [9.17, 15) is 0 Å². The maximum Gasteiger partial charge on any atom is 0.171 e. The molecular formula is C28H25N2OP. The fraction of sp³-hybridized carbons (Fsp3) is 0.107. The van der Waals surface area contributed by atoms with Gasteiger partial charge in [-0.3, -0.25) is 0 Å². The lowest BCUT2D eigenvalue weighted by Gasteiger charge is -2.23. The lowest BCUT2D eigenvalue weighted by molar-refractivity contribution is 0.592. The van der Waals surface area contributed by atoms with Crippen molar-refractivity contribution in [2.75, 3.05) is 0 Å². The fourth-order valence-electron chi connectivity index (χ4n) is 4.40. The molecule has 0 unspecified atom stereocenters. The first-order valence-electron chi connectivity index (χ1n) is 10.9. The standard InChI is InChI=1S/C28H25N2OP/c1-21(2)30-26-19-11-10-18-25(26)29-28(30)24-17-9-12-20-27(24)32(31,22-13-5-3-6-14-22)23-15-7-4-8-16-23/h3-21H,1-2H3. The van der Waals surface area contributed by atoms with Crippen LogP contribution in [-0.2, 0) is 4.57 Å². The van der Waals surface area contributed by atoms with Gasteiger partial charge >= 0.3 is 0 Å². The second-order valence-corrected chi connectivity index (χ2v) is 10.9. The number of imidazole rings is 1. The van der Waals surface area contributed by atoms with Crippen molar-refractivity contribution in [3.63, 3.8) is 0 Å². The number of para-hydroxylation sites is 2. The van der Waals surface area contributed by atoms with Crippen LogP contribution in [0.25, 0.3) is 22.4 Å². The Morgan fingerprint density at radius 1 is 0.688 bits per heavy atom. The Hall–Kier alpha value is -3.42. The van der Waals surface area contributed by atoms with Crippen LogP contribution < -0.4 is 15.9 Å². The molecule has 32 heavy (non-hydrogen) atoms. The molecule has 0 amide bonds. The predicted octanol–water partition coefficient (Wildman–Crippen LogP) is 5.92. The van der Waals surface area contributed by atoms with Crippen molar-refractivity contribution in [3.05, 3.63) is 109 Å². The molecule has 5 aromatic rings. The predicted molar refractivity (Wildman–Crippen MR) is 135 cm³/mol. The average molecular weight is 436 g/mol. The van der Waals surface area contributed by atoms with E-state index in [0.717, 1.165) is 38.3 Å². The van der Waals surface area contributed by atoms with E-state index in [-0.39, 0.29) is 6.04 Å². The summed E-state index contributed by atoms with van der Waals surface area (Å²) in [5, 5.41) is 2.46. The van der Waals surface area contributed by atoms with Gasteiger partial charge in [0, 0.05) is 27.5 Å². The maximum atomic E-state index is 15.1. The molecule has 0 spiro atoms. The van der Waals surface area contributed by atoms with Crippen LogP contribution in [-0.4, -0.2) is 9.55 Å². The van der Waals surface area contributed by atoms with Crippen LogP contribution in [0.3, 0.4) is 0 Å². The molecule has 0 aliphatic rings. The molecule has 0 bridgehead atoms. The van der Waals surface area contributed by atoms with E-state index in [1.165, 1.54) is 0 Å². The summed E-state index contributed by atoms with van der Waals surface area (Å²) in [6, 6.07) is 36.0. The lowest BCUT2D eigenvalue weighted by atomic mass is 10.2. The van der Waals surface area contributed by atoms with Crippen LogP contribution in [0.2, 0.25) is 0 Å². The number of rotatable bonds is 5. The molecule has 3 nitrogen and oxygen atoms in total. The fourth-order valence-corrected chi connectivity index (χ4v) is 7.25. The van der Waals surface area contributed by atoms with Gasteiger partial charge in [-0.15, -0.1) is 0 Å². The number of aromatic nitrogens is 2. The summed E-state index contributed by atoms with van der Waals surface area (Å²) >= 11 is 0. The topological polar surface area (TPSA) is 34.9 Å². The highest BCUT2D eigenvalue weighted by molar-refractivity contribution is 7.85. The van der Waals surface area contributed by atoms with Crippen molar-refractivity contribution in [1.82, 2.24) is 9.55 Å². The third kappa shape index (κ3) is 3.30. The summed E-state index contributed by atoms with van der Waals surface area (Å²) in [5.41, 5.74) is 2.94. The van der Waals surface area contributed by atoms with Crippen molar-refractivity contribution < 1.29 is 4.57 Å². The Bertz CT molecular complexity index is 1380. The van der Waals surface area contributed by atoms with Crippen LogP contribution in [0.1, 0.15) is 19.9 Å². The van der Waals surface area contributed by atoms with E-state index < -0.39 is 7.14 Å². The van der Waals surface area contributed by atoms with Gasteiger partial charge in [0.1, 0.15) is 5.82 Å². The maximum absolute atomic E-state index is 15.1. The van der Waals surface area contributed by atoms with Gasteiger partial charge in [-0.1, -0.05) is 97.1 Å². The Morgan fingerprint density at radius 3 is 1.84 bits per heavy atom. The van der Waals surface area contributed by atoms with Crippen molar-refractivity contribution >= 4 is 34.1 Å². The molecule has 0 radical (unpaired) electrons. The van der Waals surface area contributed by atoms with Gasteiger partial charge in [0.2, 0.25) is 0 Å². The van der Waals surface area contributed by atoms with E-state index in [2.05, 4.69) is 24.5 Å². The molecule has 1 heterocycles. The third-order valence-electron chi connectivity index (χ3n) is 5.84. The number of hydrogen-bond acceptors (Lipinski definition) is 2. The van der Waals surface area contributed by atoms with Gasteiger partial charge in [-0.25, -0.2) is 4.98 Å².